The number of thiocarbonyl (C=S) groups is 1. The Morgan fingerprint density at radius 2 is 2.09 bits per heavy atom. The zero-order valence-electron chi connectivity index (χ0n) is 18.0. The monoisotopic (exact) mass is 492 g/mol. The summed E-state index contributed by atoms with van der Waals surface area (Å²) in [5.41, 5.74) is 1.39. The quantitative estimate of drug-likeness (QED) is 0.502. The van der Waals surface area contributed by atoms with Crippen molar-refractivity contribution in [3.63, 3.8) is 0 Å². The maximum absolute atomic E-state index is 13.3. The smallest absolute Gasteiger partial charge is 0.267 e. The number of sulfone groups is 1. The molecule has 0 aromatic carbocycles. The molecule has 32 heavy (non-hydrogen) atoms. The molecule has 8 nitrogen and oxygen atoms in total. The molecule has 0 aliphatic carbocycles. The Morgan fingerprint density at radius 1 is 1.34 bits per heavy atom. The normalized spacial score (nSPS) is 21.9. The molecule has 2 aromatic rings. The number of carbonyl (C=O) groups excluding carboxylic acids is 1. The van der Waals surface area contributed by atoms with E-state index in [0.717, 1.165) is 17.3 Å². The van der Waals surface area contributed by atoms with E-state index in [-0.39, 0.29) is 28.5 Å². The van der Waals surface area contributed by atoms with Crippen LogP contribution in [-0.2, 0) is 14.6 Å². The minimum atomic E-state index is -3.17. The molecule has 0 saturated carbocycles. The molecular weight excluding hydrogens is 468 g/mol. The van der Waals surface area contributed by atoms with Crippen molar-refractivity contribution in [3.05, 3.63) is 44.7 Å². The molecule has 1 N–H and O–H groups in total. The summed E-state index contributed by atoms with van der Waals surface area (Å²) in [6.45, 7) is 6.59. The predicted octanol–water partition coefficient (Wildman–Crippen LogP) is 2.46. The van der Waals surface area contributed by atoms with E-state index in [4.69, 9.17) is 12.2 Å². The summed E-state index contributed by atoms with van der Waals surface area (Å²) in [4.78, 5) is 32.8. The first-order chi connectivity index (χ1) is 15.1. The van der Waals surface area contributed by atoms with Gasteiger partial charge in [0, 0.05) is 12.7 Å². The fraction of sp³-hybridized carbons (Fsp3) is 0.429. The lowest BCUT2D eigenvalue weighted by Gasteiger charge is -2.20. The molecule has 2 aromatic heterocycles. The summed E-state index contributed by atoms with van der Waals surface area (Å²) < 4.78 is 25.6. The highest BCUT2D eigenvalue weighted by Gasteiger charge is 2.42. The number of aryl methyl sites for hydroxylation is 1. The number of thioether (sulfide) groups is 1. The van der Waals surface area contributed by atoms with Gasteiger partial charge in [0.25, 0.3) is 11.5 Å². The van der Waals surface area contributed by atoms with Gasteiger partial charge in [0.1, 0.15) is 15.8 Å². The molecule has 11 heteroatoms. The van der Waals surface area contributed by atoms with Crippen LogP contribution in [0.1, 0.15) is 31.4 Å². The SMILES string of the molecule is Cc1ccc2nc(NCC(C)C)c(/C=C3/SC(=S)N([C@@H]4CCS(=O)(=O)C4)C3=O)c(=O)n2c1. The van der Waals surface area contributed by atoms with Crippen LogP contribution in [0.25, 0.3) is 11.7 Å². The Labute approximate surface area is 196 Å². The molecule has 4 heterocycles. The van der Waals surface area contributed by atoms with E-state index in [9.17, 15) is 18.0 Å². The third-order valence-corrected chi connectivity index (χ3v) is 8.44. The summed E-state index contributed by atoms with van der Waals surface area (Å²) in [7, 11) is -3.17. The van der Waals surface area contributed by atoms with Crippen LogP contribution in [0.2, 0.25) is 0 Å². The van der Waals surface area contributed by atoms with E-state index < -0.39 is 15.9 Å². The van der Waals surface area contributed by atoms with E-state index in [1.165, 1.54) is 15.4 Å². The number of fused-ring (bicyclic) bond motifs is 1. The third kappa shape index (κ3) is 4.46. The van der Waals surface area contributed by atoms with E-state index in [0.29, 0.717) is 39.6 Å². The van der Waals surface area contributed by atoms with Crippen molar-refractivity contribution in [3.8, 4) is 0 Å². The van der Waals surface area contributed by atoms with Gasteiger partial charge in [0.05, 0.1) is 28.0 Å². The second-order valence-electron chi connectivity index (χ2n) is 8.50. The number of hydrogen-bond acceptors (Lipinski definition) is 8. The number of hydrogen-bond donors (Lipinski definition) is 1. The van der Waals surface area contributed by atoms with Crippen molar-refractivity contribution in [1.82, 2.24) is 14.3 Å². The first kappa shape index (κ1) is 22.9. The molecule has 0 spiro atoms. The maximum atomic E-state index is 13.3. The number of amides is 1. The Hall–Kier alpha value is -2.24. The topological polar surface area (TPSA) is 101 Å². The summed E-state index contributed by atoms with van der Waals surface area (Å²) in [6.07, 6.45) is 3.60. The van der Waals surface area contributed by atoms with Gasteiger partial charge in [-0.1, -0.05) is 43.9 Å². The van der Waals surface area contributed by atoms with Gasteiger partial charge >= 0.3 is 0 Å². The van der Waals surface area contributed by atoms with Crippen LogP contribution < -0.4 is 10.9 Å². The third-order valence-electron chi connectivity index (χ3n) is 5.36. The number of pyridine rings is 1. The second-order valence-corrected chi connectivity index (χ2v) is 12.4. The first-order valence-corrected chi connectivity index (χ1v) is 13.3. The summed E-state index contributed by atoms with van der Waals surface area (Å²) in [5, 5.41) is 3.22. The lowest BCUT2D eigenvalue weighted by Crippen LogP contribution is -2.39. The number of rotatable bonds is 5. The van der Waals surface area contributed by atoms with E-state index in [1.54, 1.807) is 12.3 Å². The molecule has 0 bridgehead atoms. The fourth-order valence-corrected chi connectivity index (χ4v) is 6.81. The molecular formula is C21H24N4O4S3. The molecule has 1 atom stereocenters. The van der Waals surface area contributed by atoms with Gasteiger partial charge in [-0.3, -0.25) is 18.9 Å². The van der Waals surface area contributed by atoms with Crippen molar-refractivity contribution < 1.29 is 13.2 Å². The maximum Gasteiger partial charge on any atom is 0.267 e. The lowest BCUT2D eigenvalue weighted by molar-refractivity contribution is -0.123. The Morgan fingerprint density at radius 3 is 2.75 bits per heavy atom. The molecule has 0 unspecified atom stereocenters. The van der Waals surface area contributed by atoms with Crippen molar-refractivity contribution in [2.24, 2.45) is 5.92 Å². The zero-order chi connectivity index (χ0) is 23.2. The fourth-order valence-electron chi connectivity index (χ4n) is 3.73. The second kappa shape index (κ2) is 8.60. The van der Waals surface area contributed by atoms with E-state index >= 15 is 0 Å². The average molecular weight is 493 g/mol. The van der Waals surface area contributed by atoms with Crippen molar-refractivity contribution >= 4 is 61.6 Å². The van der Waals surface area contributed by atoms with Gasteiger partial charge in [0.2, 0.25) is 0 Å². The van der Waals surface area contributed by atoms with Crippen LogP contribution in [0.15, 0.2) is 28.0 Å². The highest BCUT2D eigenvalue weighted by molar-refractivity contribution is 8.26. The number of nitrogens with zero attached hydrogens (tertiary/aromatic N) is 3. The summed E-state index contributed by atoms with van der Waals surface area (Å²) >= 11 is 6.47. The van der Waals surface area contributed by atoms with Crippen LogP contribution in [0.5, 0.6) is 0 Å². The van der Waals surface area contributed by atoms with E-state index in [1.807, 2.05) is 26.8 Å². The number of anilines is 1. The Bertz CT molecular complexity index is 1310. The predicted molar refractivity (Wildman–Crippen MR) is 132 cm³/mol. The summed E-state index contributed by atoms with van der Waals surface area (Å²) in [6, 6.07) is 3.20. The Kier molecular flexibility index (Phi) is 6.17. The van der Waals surface area contributed by atoms with E-state index in [2.05, 4.69) is 10.3 Å². The minimum Gasteiger partial charge on any atom is -0.369 e. The van der Waals surface area contributed by atoms with Gasteiger partial charge in [-0.15, -0.1) is 0 Å². The first-order valence-electron chi connectivity index (χ1n) is 10.3. The Balaban J connectivity index is 1.77. The standard InChI is InChI=1S/C21H24N4O4S3/c1-12(2)9-22-18-15(19(26)24-10-13(3)4-5-17(24)23-18)8-16-20(27)25(21(30)31-16)14-6-7-32(28,29)11-14/h4-5,8,10,12,14,22H,6-7,9,11H2,1-3H3/b16-8+/t14-/m1/s1. The van der Waals surface area contributed by atoms with Crippen LogP contribution in [-0.4, -0.2) is 57.0 Å². The van der Waals surface area contributed by atoms with Gasteiger partial charge in [0.15, 0.2) is 9.84 Å². The number of nitrogens with one attached hydrogen (secondary N) is 1. The van der Waals surface area contributed by atoms with Gasteiger partial charge in [-0.05, 0) is 37.0 Å². The van der Waals surface area contributed by atoms with Crippen molar-refractivity contribution in [1.29, 1.82) is 0 Å². The molecule has 2 fully saturated rings. The van der Waals surface area contributed by atoms with Crippen LogP contribution in [0, 0.1) is 12.8 Å². The van der Waals surface area contributed by atoms with Gasteiger partial charge < -0.3 is 5.32 Å². The molecule has 170 valence electrons. The largest absolute Gasteiger partial charge is 0.369 e. The van der Waals surface area contributed by atoms with Gasteiger partial charge in [-0.25, -0.2) is 13.4 Å². The highest BCUT2D eigenvalue weighted by atomic mass is 32.2. The zero-order valence-corrected chi connectivity index (χ0v) is 20.4. The van der Waals surface area contributed by atoms with Crippen LogP contribution in [0.4, 0.5) is 5.82 Å². The average Bonchev–Trinajstić information content (AvgIpc) is 3.20. The molecule has 2 saturated heterocycles. The van der Waals surface area contributed by atoms with Crippen LogP contribution >= 0.6 is 24.0 Å². The minimum absolute atomic E-state index is 0.0480. The van der Waals surface area contributed by atoms with Crippen LogP contribution in [0.3, 0.4) is 0 Å². The van der Waals surface area contributed by atoms with Gasteiger partial charge in [-0.2, -0.15) is 0 Å². The number of aromatic nitrogens is 2. The molecule has 1 amide bonds. The number of carbonyl (C=O) groups is 1. The molecule has 2 aliphatic rings. The highest BCUT2D eigenvalue weighted by Crippen LogP contribution is 2.36. The van der Waals surface area contributed by atoms with Crippen molar-refractivity contribution in [2.75, 3.05) is 23.4 Å². The molecule has 4 rings (SSSR count). The lowest BCUT2D eigenvalue weighted by atomic mass is 10.2. The summed E-state index contributed by atoms with van der Waals surface area (Å²) in [5.74, 6) is 0.315. The molecule has 0 radical (unpaired) electrons. The van der Waals surface area contributed by atoms with Crippen molar-refractivity contribution in [2.45, 2.75) is 33.2 Å². The molecule has 2 aliphatic heterocycles.